The molecule has 1 aliphatic rings. The topological polar surface area (TPSA) is 80.2 Å². The number of hydrogen-bond donors (Lipinski definition) is 0. The number of methoxy groups -OCH3 is 2. The van der Waals surface area contributed by atoms with E-state index in [0.717, 1.165) is 29.4 Å². The molecule has 0 spiro atoms. The van der Waals surface area contributed by atoms with Crippen LogP contribution in [0.4, 0.5) is 4.39 Å². The Bertz CT molecular complexity index is 1550. The van der Waals surface area contributed by atoms with Gasteiger partial charge in [-0.25, -0.2) is 13.9 Å². The predicted molar refractivity (Wildman–Crippen MR) is 142 cm³/mol. The van der Waals surface area contributed by atoms with Gasteiger partial charge in [0.2, 0.25) is 4.96 Å². The first-order chi connectivity index (χ1) is 18.5. The molecule has 5 aromatic rings. The van der Waals surface area contributed by atoms with Gasteiger partial charge in [-0.3, -0.25) is 0 Å². The van der Waals surface area contributed by atoms with E-state index in [1.54, 1.807) is 24.9 Å². The highest BCUT2D eigenvalue weighted by molar-refractivity contribution is 7.16. The van der Waals surface area contributed by atoms with E-state index < -0.39 is 6.17 Å². The van der Waals surface area contributed by atoms with Gasteiger partial charge < -0.3 is 23.4 Å². The van der Waals surface area contributed by atoms with Crippen LogP contribution in [0.15, 0.2) is 53.1 Å². The molecule has 4 heterocycles. The van der Waals surface area contributed by atoms with Gasteiger partial charge in [0.25, 0.3) is 0 Å². The Morgan fingerprint density at radius 2 is 2.00 bits per heavy atom. The van der Waals surface area contributed by atoms with Crippen LogP contribution < -0.4 is 9.47 Å². The van der Waals surface area contributed by atoms with Crippen LogP contribution in [-0.4, -0.2) is 42.0 Å². The molecule has 0 unspecified atom stereocenters. The second-order valence-corrected chi connectivity index (χ2v) is 10.3. The summed E-state index contributed by atoms with van der Waals surface area (Å²) in [5.74, 6) is 1.82. The fourth-order valence-corrected chi connectivity index (χ4v) is 5.67. The van der Waals surface area contributed by atoms with Crippen LogP contribution in [0.1, 0.15) is 42.1 Å². The van der Waals surface area contributed by atoms with Crippen LogP contribution in [0.3, 0.4) is 0 Å². The van der Waals surface area contributed by atoms with Crippen LogP contribution in [0.25, 0.3) is 27.4 Å². The Morgan fingerprint density at radius 3 is 2.74 bits per heavy atom. The molecule has 0 N–H and O–H groups in total. The zero-order chi connectivity index (χ0) is 26.3. The highest BCUT2D eigenvalue weighted by atomic mass is 32.1. The highest BCUT2D eigenvalue weighted by Crippen LogP contribution is 2.39. The lowest BCUT2D eigenvalue weighted by Crippen LogP contribution is -2.35. The van der Waals surface area contributed by atoms with Crippen LogP contribution >= 0.6 is 11.3 Å². The molecule has 1 fully saturated rings. The zero-order valence-corrected chi connectivity index (χ0v) is 22.2. The number of aromatic nitrogens is 3. The average Bonchev–Trinajstić information content (AvgIpc) is 3.65. The molecule has 1 atom stereocenters. The highest BCUT2D eigenvalue weighted by Gasteiger charge is 2.34. The lowest BCUT2D eigenvalue weighted by atomic mass is 9.85. The third-order valence-electron chi connectivity index (χ3n) is 7.00. The normalized spacial score (nSPS) is 16.2. The molecule has 0 aliphatic carbocycles. The molecule has 38 heavy (non-hydrogen) atoms. The summed E-state index contributed by atoms with van der Waals surface area (Å²) in [6.45, 7) is 3.19. The minimum absolute atomic E-state index is 0.340. The minimum Gasteiger partial charge on any atom is -0.496 e. The number of benzene rings is 2. The first-order valence-electron chi connectivity index (χ1n) is 12.5. The quantitative estimate of drug-likeness (QED) is 0.224. The molecule has 0 saturated carbocycles. The number of halogens is 1. The van der Waals surface area contributed by atoms with Gasteiger partial charge in [0.1, 0.15) is 29.4 Å². The van der Waals surface area contributed by atoms with Crippen molar-refractivity contribution in [3.8, 4) is 23.0 Å². The molecule has 0 amide bonds. The number of hydrogen-bond acceptors (Lipinski definition) is 8. The predicted octanol–water partition coefficient (Wildman–Crippen LogP) is 6.47. The lowest BCUT2D eigenvalue weighted by Gasteiger charge is -2.36. The lowest BCUT2D eigenvalue weighted by molar-refractivity contribution is -0.0948. The molecule has 2 aromatic carbocycles. The van der Waals surface area contributed by atoms with Gasteiger partial charge >= 0.3 is 0 Å². The molecular weight excluding hydrogens is 509 g/mol. The van der Waals surface area contributed by atoms with E-state index in [-0.39, 0.29) is 5.60 Å². The van der Waals surface area contributed by atoms with Gasteiger partial charge in [-0.1, -0.05) is 29.5 Å². The molecule has 10 heteroatoms. The van der Waals surface area contributed by atoms with Crippen molar-refractivity contribution in [2.75, 3.05) is 27.4 Å². The average molecular weight is 538 g/mol. The third-order valence-corrected chi connectivity index (χ3v) is 8.08. The van der Waals surface area contributed by atoms with Crippen LogP contribution in [-0.2, 0) is 21.7 Å². The summed E-state index contributed by atoms with van der Waals surface area (Å²) >= 11 is 1.22. The second-order valence-electron chi connectivity index (χ2n) is 9.36. The van der Waals surface area contributed by atoms with Crippen molar-refractivity contribution >= 4 is 27.3 Å². The van der Waals surface area contributed by atoms with E-state index in [9.17, 15) is 4.39 Å². The smallest absolute Gasteiger partial charge is 0.212 e. The Morgan fingerprint density at radius 1 is 1.16 bits per heavy atom. The van der Waals surface area contributed by atoms with Gasteiger partial charge in [-0.15, -0.1) is 0 Å². The summed E-state index contributed by atoms with van der Waals surface area (Å²) in [6, 6.07) is 13.9. The van der Waals surface area contributed by atoms with Gasteiger partial charge in [0.15, 0.2) is 16.9 Å². The van der Waals surface area contributed by atoms with Crippen molar-refractivity contribution in [2.45, 2.75) is 38.1 Å². The van der Waals surface area contributed by atoms with Crippen molar-refractivity contribution in [3.05, 3.63) is 64.8 Å². The third kappa shape index (κ3) is 4.53. The molecule has 0 radical (unpaired) electrons. The van der Waals surface area contributed by atoms with Crippen molar-refractivity contribution in [2.24, 2.45) is 0 Å². The summed E-state index contributed by atoms with van der Waals surface area (Å²) in [7, 11) is 3.37. The number of rotatable bonds is 8. The summed E-state index contributed by atoms with van der Waals surface area (Å²) in [5, 5.41) is 5.46. The standard InChI is InChI=1S/C28H28FN3O5S/c1-17(29)26-31-32-15-22(30-27(32)38-26)25-14-21-23(12-20(33-2)13-24(21)37-25)36-16-18-5-4-6-19(11-18)28(34-3)7-9-35-10-8-28/h4-6,11-15,17H,7-10,16H2,1-3H3/t17-/m0/s1. The minimum atomic E-state index is -1.14. The van der Waals surface area contributed by atoms with Crippen molar-refractivity contribution in [1.82, 2.24) is 14.6 Å². The summed E-state index contributed by atoms with van der Waals surface area (Å²) in [6.07, 6.45) is 2.23. The van der Waals surface area contributed by atoms with Crippen molar-refractivity contribution < 1.29 is 27.8 Å². The van der Waals surface area contributed by atoms with E-state index in [2.05, 4.69) is 22.2 Å². The Balaban J connectivity index is 1.29. The van der Waals surface area contributed by atoms with Gasteiger partial charge in [-0.2, -0.15) is 5.10 Å². The largest absolute Gasteiger partial charge is 0.496 e. The fraction of sp³-hybridized carbons (Fsp3) is 0.357. The number of furan rings is 1. The Kier molecular flexibility index (Phi) is 6.55. The van der Waals surface area contributed by atoms with Crippen LogP contribution in [0.5, 0.6) is 11.5 Å². The number of fused-ring (bicyclic) bond motifs is 2. The van der Waals surface area contributed by atoms with Gasteiger partial charge in [-0.05, 0) is 30.2 Å². The maximum atomic E-state index is 13.6. The van der Waals surface area contributed by atoms with E-state index in [1.165, 1.54) is 18.3 Å². The van der Waals surface area contributed by atoms with E-state index in [1.807, 2.05) is 30.3 Å². The Hall–Kier alpha value is -3.47. The summed E-state index contributed by atoms with van der Waals surface area (Å²) < 4.78 is 44.7. The molecule has 0 bridgehead atoms. The SMILES string of the molecule is COc1cc(OCc2cccc(C3(OC)CCOCC3)c2)c2cc(-c3cn4nc([C@H](C)F)sc4n3)oc2c1. The number of alkyl halides is 1. The molecule has 8 nitrogen and oxygen atoms in total. The molecule has 6 rings (SSSR count). The number of nitrogens with zero attached hydrogens (tertiary/aromatic N) is 3. The zero-order valence-electron chi connectivity index (χ0n) is 21.4. The maximum Gasteiger partial charge on any atom is 0.212 e. The molecular formula is C28H28FN3O5S. The van der Waals surface area contributed by atoms with Crippen molar-refractivity contribution in [3.63, 3.8) is 0 Å². The monoisotopic (exact) mass is 537 g/mol. The van der Waals surface area contributed by atoms with E-state index >= 15 is 0 Å². The van der Waals surface area contributed by atoms with Gasteiger partial charge in [0, 0.05) is 45.3 Å². The first-order valence-corrected chi connectivity index (χ1v) is 13.3. The second kappa shape index (κ2) is 10.0. The number of ether oxygens (including phenoxy) is 4. The molecule has 3 aromatic heterocycles. The molecule has 1 saturated heterocycles. The van der Waals surface area contributed by atoms with Crippen LogP contribution in [0, 0.1) is 0 Å². The Labute approximate surface area is 222 Å². The number of imidazole rings is 1. The fourth-order valence-electron chi connectivity index (χ4n) is 4.86. The van der Waals surface area contributed by atoms with E-state index in [0.29, 0.717) is 58.3 Å². The summed E-state index contributed by atoms with van der Waals surface area (Å²) in [4.78, 5) is 5.19. The van der Waals surface area contributed by atoms with Crippen LogP contribution in [0.2, 0.25) is 0 Å². The first kappa shape index (κ1) is 24.8. The molecule has 198 valence electrons. The summed E-state index contributed by atoms with van der Waals surface area (Å²) in [5.41, 5.74) is 3.04. The van der Waals surface area contributed by atoms with E-state index in [4.69, 9.17) is 23.4 Å². The van der Waals surface area contributed by atoms with Crippen molar-refractivity contribution in [1.29, 1.82) is 0 Å². The van der Waals surface area contributed by atoms with Gasteiger partial charge in [0.05, 0.1) is 24.3 Å². The maximum absolute atomic E-state index is 13.6. The molecule has 1 aliphatic heterocycles.